The zero-order valence-electron chi connectivity index (χ0n) is 10.5. The van der Waals surface area contributed by atoms with E-state index in [1.54, 1.807) is 0 Å². The summed E-state index contributed by atoms with van der Waals surface area (Å²) in [6, 6.07) is 8.09. The maximum atomic E-state index is 4.45. The van der Waals surface area contributed by atoms with Gasteiger partial charge in [0.25, 0.3) is 0 Å². The van der Waals surface area contributed by atoms with Crippen molar-refractivity contribution in [3.05, 3.63) is 42.9 Å². The quantitative estimate of drug-likeness (QED) is 0.760. The molecule has 0 atom stereocenters. The van der Waals surface area contributed by atoms with Crippen LogP contribution in [0, 0.1) is 0 Å². The lowest BCUT2D eigenvalue weighted by Gasteiger charge is -2.33. The van der Waals surface area contributed by atoms with Gasteiger partial charge in [0.2, 0.25) is 0 Å². The number of aromatic amines is 1. The van der Waals surface area contributed by atoms with Crippen LogP contribution in [0.5, 0.6) is 0 Å². The number of pyridine rings is 2. The van der Waals surface area contributed by atoms with Crippen LogP contribution < -0.4 is 4.90 Å². The molecule has 0 amide bonds. The molecule has 94 valence electrons. The third kappa shape index (κ3) is 1.60. The van der Waals surface area contributed by atoms with Gasteiger partial charge in [-0.3, -0.25) is 4.98 Å². The largest absolute Gasteiger partial charge is 0.371 e. The smallest absolute Gasteiger partial charge is 0.140 e. The molecule has 1 N–H and O–H groups in total. The number of rotatable bonds is 2. The lowest BCUT2D eigenvalue weighted by molar-refractivity contribution is 0.619. The highest BCUT2D eigenvalue weighted by Gasteiger charge is 2.20. The Labute approximate surface area is 111 Å². The number of H-pyrrole nitrogens is 1. The molecule has 0 unspecified atom stereocenters. The summed E-state index contributed by atoms with van der Waals surface area (Å²) >= 11 is 0. The van der Waals surface area contributed by atoms with Gasteiger partial charge in [0.05, 0.1) is 11.1 Å². The van der Waals surface area contributed by atoms with Gasteiger partial charge >= 0.3 is 0 Å². The van der Waals surface area contributed by atoms with E-state index in [1.807, 2.05) is 36.8 Å². The number of nitrogens with zero attached hydrogens (tertiary/aromatic N) is 3. The van der Waals surface area contributed by atoms with Crippen molar-refractivity contribution in [3.8, 4) is 11.3 Å². The van der Waals surface area contributed by atoms with Crippen molar-refractivity contribution < 1.29 is 0 Å². The summed E-state index contributed by atoms with van der Waals surface area (Å²) in [5.74, 6) is 0. The highest BCUT2D eigenvalue weighted by atomic mass is 15.2. The van der Waals surface area contributed by atoms with Crippen LogP contribution in [0.1, 0.15) is 6.42 Å². The van der Waals surface area contributed by atoms with E-state index >= 15 is 0 Å². The Kier molecular flexibility index (Phi) is 2.27. The van der Waals surface area contributed by atoms with Gasteiger partial charge in [-0.2, -0.15) is 0 Å². The molecule has 0 aromatic carbocycles. The predicted octanol–water partition coefficient (Wildman–Crippen LogP) is 2.84. The maximum absolute atomic E-state index is 4.45. The number of nitrogens with one attached hydrogen (secondary N) is 1. The second-order valence-corrected chi connectivity index (χ2v) is 4.81. The number of hydrogen-bond donors (Lipinski definition) is 1. The van der Waals surface area contributed by atoms with Crippen LogP contribution in [0.15, 0.2) is 42.9 Å². The third-order valence-corrected chi connectivity index (χ3v) is 3.69. The van der Waals surface area contributed by atoms with E-state index in [4.69, 9.17) is 0 Å². The molecule has 4 rings (SSSR count). The van der Waals surface area contributed by atoms with E-state index in [0.717, 1.165) is 30.0 Å². The van der Waals surface area contributed by atoms with Crippen molar-refractivity contribution in [1.82, 2.24) is 15.0 Å². The molecule has 4 heterocycles. The lowest BCUT2D eigenvalue weighted by Crippen LogP contribution is -2.37. The second-order valence-electron chi connectivity index (χ2n) is 4.81. The average Bonchev–Trinajstić information content (AvgIpc) is 2.83. The van der Waals surface area contributed by atoms with Crippen molar-refractivity contribution in [1.29, 1.82) is 0 Å². The SMILES string of the molecule is c1ccc(-c2c[nH]c3nccc(N4CCC4)c23)nc1. The third-order valence-electron chi connectivity index (χ3n) is 3.69. The van der Waals surface area contributed by atoms with Crippen LogP contribution in [-0.2, 0) is 0 Å². The van der Waals surface area contributed by atoms with Crippen molar-refractivity contribution in [2.45, 2.75) is 6.42 Å². The van der Waals surface area contributed by atoms with Gasteiger partial charge in [-0.15, -0.1) is 0 Å². The van der Waals surface area contributed by atoms with Crippen LogP contribution >= 0.6 is 0 Å². The number of hydrogen-bond acceptors (Lipinski definition) is 3. The van der Waals surface area contributed by atoms with Crippen molar-refractivity contribution in [2.75, 3.05) is 18.0 Å². The minimum absolute atomic E-state index is 0.935. The Morgan fingerprint density at radius 1 is 1.05 bits per heavy atom. The topological polar surface area (TPSA) is 44.8 Å². The van der Waals surface area contributed by atoms with E-state index in [9.17, 15) is 0 Å². The molecule has 4 nitrogen and oxygen atoms in total. The minimum Gasteiger partial charge on any atom is -0.371 e. The molecule has 3 aromatic rings. The van der Waals surface area contributed by atoms with Crippen LogP contribution in [0.4, 0.5) is 5.69 Å². The molecule has 1 aliphatic heterocycles. The van der Waals surface area contributed by atoms with Gasteiger partial charge < -0.3 is 9.88 Å². The molecule has 3 aromatic heterocycles. The highest BCUT2D eigenvalue weighted by Crippen LogP contribution is 2.35. The van der Waals surface area contributed by atoms with Gasteiger partial charge in [-0.1, -0.05) is 6.07 Å². The summed E-state index contributed by atoms with van der Waals surface area (Å²) in [5, 5.41) is 1.18. The first-order chi connectivity index (χ1) is 9.43. The zero-order chi connectivity index (χ0) is 12.7. The number of aromatic nitrogens is 3. The highest BCUT2D eigenvalue weighted by molar-refractivity contribution is 6.02. The summed E-state index contributed by atoms with van der Waals surface area (Å²) in [5.41, 5.74) is 4.32. The molecule has 0 aliphatic carbocycles. The number of anilines is 1. The van der Waals surface area contributed by atoms with Crippen LogP contribution in [-0.4, -0.2) is 28.0 Å². The number of fused-ring (bicyclic) bond motifs is 1. The summed E-state index contributed by atoms with van der Waals surface area (Å²) in [6.45, 7) is 2.26. The van der Waals surface area contributed by atoms with Crippen LogP contribution in [0.3, 0.4) is 0 Å². The normalized spacial score (nSPS) is 14.6. The molecule has 0 saturated carbocycles. The minimum atomic E-state index is 0.935. The lowest BCUT2D eigenvalue weighted by atomic mass is 10.1. The van der Waals surface area contributed by atoms with E-state index in [-0.39, 0.29) is 0 Å². The van der Waals surface area contributed by atoms with E-state index in [1.165, 1.54) is 17.5 Å². The van der Waals surface area contributed by atoms with E-state index in [2.05, 4.69) is 25.9 Å². The van der Waals surface area contributed by atoms with Gasteiger partial charge in [-0.05, 0) is 24.6 Å². The van der Waals surface area contributed by atoms with Crippen molar-refractivity contribution in [3.63, 3.8) is 0 Å². The maximum Gasteiger partial charge on any atom is 0.140 e. The summed E-state index contributed by atoms with van der Waals surface area (Å²) < 4.78 is 0. The van der Waals surface area contributed by atoms with Gasteiger partial charge in [0.15, 0.2) is 0 Å². The monoisotopic (exact) mass is 250 g/mol. The fourth-order valence-electron chi connectivity index (χ4n) is 2.58. The zero-order valence-corrected chi connectivity index (χ0v) is 10.5. The molecule has 1 aliphatic rings. The molecule has 0 radical (unpaired) electrons. The molecular formula is C15H14N4. The van der Waals surface area contributed by atoms with Crippen LogP contribution in [0.25, 0.3) is 22.3 Å². The fourth-order valence-corrected chi connectivity index (χ4v) is 2.58. The first-order valence-electron chi connectivity index (χ1n) is 6.56. The van der Waals surface area contributed by atoms with Gasteiger partial charge in [0.1, 0.15) is 5.65 Å². The molecule has 1 saturated heterocycles. The second kappa shape index (κ2) is 4.09. The van der Waals surface area contributed by atoms with Gasteiger partial charge in [0, 0.05) is 42.9 Å². The summed E-state index contributed by atoms with van der Waals surface area (Å²) in [7, 11) is 0. The molecule has 19 heavy (non-hydrogen) atoms. The summed E-state index contributed by atoms with van der Waals surface area (Å²) in [6.07, 6.45) is 6.97. The molecule has 4 heteroatoms. The van der Waals surface area contributed by atoms with Crippen LogP contribution in [0.2, 0.25) is 0 Å². The Morgan fingerprint density at radius 3 is 2.74 bits per heavy atom. The standard InChI is InChI=1S/C15H14N4/c1-2-6-16-12(4-1)11-10-18-15-14(11)13(5-7-17-15)19-8-3-9-19/h1-2,4-7,10H,3,8-9H2,(H,17,18). The fraction of sp³-hybridized carbons (Fsp3) is 0.200. The predicted molar refractivity (Wildman–Crippen MR) is 76.2 cm³/mol. The Bertz CT molecular complexity index is 713. The Balaban J connectivity index is 1.96. The Hall–Kier alpha value is -2.36. The Morgan fingerprint density at radius 2 is 2.00 bits per heavy atom. The first-order valence-corrected chi connectivity index (χ1v) is 6.56. The van der Waals surface area contributed by atoms with Crippen molar-refractivity contribution in [2.24, 2.45) is 0 Å². The molecule has 0 spiro atoms. The van der Waals surface area contributed by atoms with Gasteiger partial charge in [-0.25, -0.2) is 4.98 Å². The first kappa shape index (κ1) is 10.6. The molecular weight excluding hydrogens is 236 g/mol. The van der Waals surface area contributed by atoms with Crippen molar-refractivity contribution >= 4 is 16.7 Å². The molecule has 1 fully saturated rings. The summed E-state index contributed by atoms with van der Waals surface area (Å²) in [4.78, 5) is 14.5. The van der Waals surface area contributed by atoms with E-state index in [0.29, 0.717) is 0 Å². The van der Waals surface area contributed by atoms with E-state index < -0.39 is 0 Å². The molecule has 0 bridgehead atoms. The average molecular weight is 250 g/mol.